The molecule has 0 spiro atoms. The van der Waals surface area contributed by atoms with Gasteiger partial charge in [-0.25, -0.2) is 0 Å². The SMILES string of the molecule is C[C@@H](CC(=O)Nc1ccc(Cl)c(C(F)(F)F)c1)n1cccn1. The normalized spacial score (nSPS) is 13.0. The number of carbonyl (C=O) groups is 1. The van der Waals surface area contributed by atoms with Gasteiger partial charge in [0.1, 0.15) is 0 Å². The number of amides is 1. The summed E-state index contributed by atoms with van der Waals surface area (Å²) in [5.74, 6) is -0.404. The Balaban J connectivity index is 2.06. The van der Waals surface area contributed by atoms with Crippen LogP contribution in [-0.2, 0) is 11.0 Å². The lowest BCUT2D eigenvalue weighted by atomic mass is 10.1. The summed E-state index contributed by atoms with van der Waals surface area (Å²) in [7, 11) is 0. The zero-order valence-corrected chi connectivity index (χ0v) is 12.3. The summed E-state index contributed by atoms with van der Waals surface area (Å²) in [6.07, 6.45) is -1.18. The van der Waals surface area contributed by atoms with Gasteiger partial charge in [0.05, 0.1) is 16.6 Å². The van der Waals surface area contributed by atoms with Crippen LogP contribution in [0.3, 0.4) is 0 Å². The molecule has 2 aromatic rings. The van der Waals surface area contributed by atoms with E-state index in [4.69, 9.17) is 11.6 Å². The lowest BCUT2D eigenvalue weighted by Gasteiger charge is -2.14. The van der Waals surface area contributed by atoms with Gasteiger partial charge >= 0.3 is 6.18 Å². The largest absolute Gasteiger partial charge is 0.417 e. The fraction of sp³-hybridized carbons (Fsp3) is 0.286. The topological polar surface area (TPSA) is 46.9 Å². The Bertz CT molecular complexity index is 656. The van der Waals surface area contributed by atoms with E-state index in [0.717, 1.165) is 12.1 Å². The number of hydrogen-bond acceptors (Lipinski definition) is 2. The molecule has 118 valence electrons. The smallest absolute Gasteiger partial charge is 0.326 e. The molecule has 1 aromatic carbocycles. The van der Waals surface area contributed by atoms with Crippen molar-refractivity contribution < 1.29 is 18.0 Å². The molecule has 1 heterocycles. The molecule has 0 aliphatic rings. The van der Waals surface area contributed by atoms with Gasteiger partial charge in [0.25, 0.3) is 0 Å². The van der Waals surface area contributed by atoms with E-state index in [0.29, 0.717) is 0 Å². The molecule has 0 fully saturated rings. The van der Waals surface area contributed by atoms with E-state index in [9.17, 15) is 18.0 Å². The first-order chi connectivity index (χ1) is 10.3. The molecule has 1 aromatic heterocycles. The molecular formula is C14H13ClF3N3O. The van der Waals surface area contributed by atoms with E-state index in [1.807, 2.05) is 0 Å². The minimum atomic E-state index is -4.57. The summed E-state index contributed by atoms with van der Waals surface area (Å²) in [6, 6.07) is 4.77. The van der Waals surface area contributed by atoms with Crippen molar-refractivity contribution in [2.24, 2.45) is 0 Å². The predicted octanol–water partition coefficient (Wildman–Crippen LogP) is 4.15. The van der Waals surface area contributed by atoms with Crippen LogP contribution >= 0.6 is 11.6 Å². The number of anilines is 1. The minimum Gasteiger partial charge on any atom is -0.326 e. The Labute approximate surface area is 129 Å². The van der Waals surface area contributed by atoms with Crippen LogP contribution in [0.1, 0.15) is 24.9 Å². The summed E-state index contributed by atoms with van der Waals surface area (Å²) in [5.41, 5.74) is -0.929. The Morgan fingerprint density at radius 3 is 2.77 bits per heavy atom. The molecule has 0 aliphatic carbocycles. The van der Waals surface area contributed by atoms with E-state index in [1.165, 1.54) is 6.07 Å². The van der Waals surface area contributed by atoms with Crippen LogP contribution in [0, 0.1) is 0 Å². The maximum atomic E-state index is 12.8. The van der Waals surface area contributed by atoms with Crippen molar-refractivity contribution in [1.29, 1.82) is 0 Å². The van der Waals surface area contributed by atoms with Gasteiger partial charge in [0, 0.05) is 24.5 Å². The average molecular weight is 332 g/mol. The summed E-state index contributed by atoms with van der Waals surface area (Å²) < 4.78 is 39.9. The van der Waals surface area contributed by atoms with Crippen LogP contribution in [-0.4, -0.2) is 15.7 Å². The Morgan fingerprint density at radius 2 is 2.18 bits per heavy atom. The maximum absolute atomic E-state index is 12.8. The monoisotopic (exact) mass is 331 g/mol. The van der Waals surface area contributed by atoms with E-state index >= 15 is 0 Å². The molecular weight excluding hydrogens is 319 g/mol. The third-order valence-corrected chi connectivity index (χ3v) is 3.34. The Morgan fingerprint density at radius 1 is 1.45 bits per heavy atom. The number of carbonyl (C=O) groups excluding carboxylic acids is 1. The molecule has 0 radical (unpaired) electrons. The molecule has 0 aliphatic heterocycles. The molecule has 4 nitrogen and oxygen atoms in total. The average Bonchev–Trinajstić information content (AvgIpc) is 2.93. The van der Waals surface area contributed by atoms with Crippen molar-refractivity contribution in [1.82, 2.24) is 9.78 Å². The first-order valence-corrected chi connectivity index (χ1v) is 6.81. The van der Waals surface area contributed by atoms with E-state index in [-0.39, 0.29) is 18.2 Å². The third-order valence-electron chi connectivity index (χ3n) is 3.01. The Hall–Kier alpha value is -2.02. The number of aromatic nitrogens is 2. The van der Waals surface area contributed by atoms with Crippen molar-refractivity contribution in [3.8, 4) is 0 Å². The van der Waals surface area contributed by atoms with E-state index in [2.05, 4.69) is 10.4 Å². The summed E-state index contributed by atoms with van der Waals surface area (Å²) in [6.45, 7) is 1.79. The van der Waals surface area contributed by atoms with Crippen molar-refractivity contribution in [2.75, 3.05) is 5.32 Å². The minimum absolute atomic E-state index is 0.0504. The second-order valence-corrected chi connectivity index (χ2v) is 5.19. The maximum Gasteiger partial charge on any atom is 0.417 e. The van der Waals surface area contributed by atoms with Gasteiger partial charge in [-0.15, -0.1) is 0 Å². The molecule has 0 saturated heterocycles. The molecule has 0 bridgehead atoms. The number of benzene rings is 1. The highest BCUT2D eigenvalue weighted by atomic mass is 35.5. The molecule has 0 saturated carbocycles. The summed E-state index contributed by atoms with van der Waals surface area (Å²) >= 11 is 5.52. The summed E-state index contributed by atoms with van der Waals surface area (Å²) in [5, 5.41) is 6.03. The molecule has 1 atom stereocenters. The van der Waals surface area contributed by atoms with Crippen LogP contribution in [0.5, 0.6) is 0 Å². The second kappa shape index (κ2) is 6.39. The molecule has 22 heavy (non-hydrogen) atoms. The molecule has 0 unspecified atom stereocenters. The fourth-order valence-electron chi connectivity index (χ4n) is 1.94. The highest BCUT2D eigenvalue weighted by Gasteiger charge is 2.33. The number of hydrogen-bond donors (Lipinski definition) is 1. The van der Waals surface area contributed by atoms with Gasteiger partial charge < -0.3 is 5.32 Å². The number of halogens is 4. The zero-order valence-electron chi connectivity index (χ0n) is 11.6. The Kier molecular flexibility index (Phi) is 4.75. The molecule has 1 amide bonds. The number of nitrogens with one attached hydrogen (secondary N) is 1. The van der Waals surface area contributed by atoms with Gasteiger partial charge in [-0.2, -0.15) is 18.3 Å². The van der Waals surface area contributed by atoms with Gasteiger partial charge in [0.2, 0.25) is 5.91 Å². The highest BCUT2D eigenvalue weighted by Crippen LogP contribution is 2.36. The number of alkyl halides is 3. The molecule has 8 heteroatoms. The molecule has 2 rings (SSSR count). The van der Waals surface area contributed by atoms with Crippen LogP contribution in [0.4, 0.5) is 18.9 Å². The van der Waals surface area contributed by atoms with Gasteiger partial charge in [0.15, 0.2) is 0 Å². The lowest BCUT2D eigenvalue weighted by Crippen LogP contribution is -2.18. The number of rotatable bonds is 4. The third kappa shape index (κ3) is 4.00. The standard InChI is InChI=1S/C14H13ClF3N3O/c1-9(21-6-2-5-19-21)7-13(22)20-10-3-4-12(15)11(8-10)14(16,17)18/h2-6,8-9H,7H2,1H3,(H,20,22)/t9-/m0/s1. The first-order valence-electron chi connectivity index (χ1n) is 6.43. The van der Waals surface area contributed by atoms with E-state index in [1.54, 1.807) is 30.1 Å². The van der Waals surface area contributed by atoms with Gasteiger partial charge in [-0.3, -0.25) is 9.48 Å². The fourth-order valence-corrected chi connectivity index (χ4v) is 2.16. The molecule has 1 N–H and O–H groups in total. The van der Waals surface area contributed by atoms with E-state index < -0.39 is 22.7 Å². The highest BCUT2D eigenvalue weighted by molar-refractivity contribution is 6.31. The van der Waals surface area contributed by atoms with Crippen molar-refractivity contribution in [3.05, 3.63) is 47.2 Å². The van der Waals surface area contributed by atoms with Gasteiger partial charge in [-0.05, 0) is 31.2 Å². The summed E-state index contributed by atoms with van der Waals surface area (Å²) in [4.78, 5) is 11.9. The predicted molar refractivity (Wildman–Crippen MR) is 76.6 cm³/mol. The second-order valence-electron chi connectivity index (χ2n) is 4.78. The van der Waals surface area contributed by atoms with Crippen LogP contribution in [0.15, 0.2) is 36.7 Å². The zero-order chi connectivity index (χ0) is 16.3. The van der Waals surface area contributed by atoms with Crippen molar-refractivity contribution >= 4 is 23.2 Å². The van der Waals surface area contributed by atoms with Crippen molar-refractivity contribution in [3.63, 3.8) is 0 Å². The van der Waals surface area contributed by atoms with Gasteiger partial charge in [-0.1, -0.05) is 11.6 Å². The van der Waals surface area contributed by atoms with Crippen LogP contribution in [0.25, 0.3) is 0 Å². The number of nitrogens with zero attached hydrogens (tertiary/aromatic N) is 2. The lowest BCUT2D eigenvalue weighted by molar-refractivity contribution is -0.137. The van der Waals surface area contributed by atoms with Crippen LogP contribution in [0.2, 0.25) is 5.02 Å². The van der Waals surface area contributed by atoms with Crippen LogP contribution < -0.4 is 5.32 Å². The van der Waals surface area contributed by atoms with Crippen molar-refractivity contribution in [2.45, 2.75) is 25.6 Å². The first kappa shape index (κ1) is 16.4. The quantitative estimate of drug-likeness (QED) is 0.915.